The molecule has 0 aliphatic carbocycles. The second-order valence-electron chi connectivity index (χ2n) is 3.76. The Kier molecular flexibility index (Phi) is 3.91. The highest BCUT2D eigenvalue weighted by molar-refractivity contribution is 9.10. The molecule has 0 aliphatic rings. The molecular weight excluding hydrogens is 300 g/mol. The van der Waals surface area contributed by atoms with E-state index in [0.29, 0.717) is 0 Å². The summed E-state index contributed by atoms with van der Waals surface area (Å²) in [6.07, 6.45) is 0. The number of aromatic nitrogens is 2. The molecule has 0 atom stereocenters. The monoisotopic (exact) mass is 312 g/mol. The van der Waals surface area contributed by atoms with E-state index in [0.717, 1.165) is 25.7 Å². The highest BCUT2D eigenvalue weighted by Gasteiger charge is 2.08. The lowest BCUT2D eigenvalue weighted by Gasteiger charge is -2.07. The van der Waals surface area contributed by atoms with Crippen LogP contribution in [0.4, 0.5) is 0 Å². The minimum absolute atomic E-state index is 0.0403. The molecule has 0 radical (unpaired) electrons. The van der Waals surface area contributed by atoms with Gasteiger partial charge in [0, 0.05) is 16.4 Å². The van der Waals surface area contributed by atoms with Gasteiger partial charge in [-0.05, 0) is 36.8 Å². The summed E-state index contributed by atoms with van der Waals surface area (Å²) in [6.45, 7) is 2.01. The molecule has 90 valence electrons. The topological polar surface area (TPSA) is 38.0 Å². The molecule has 0 spiro atoms. The Morgan fingerprint density at radius 1 is 1.41 bits per heavy atom. The molecule has 1 aromatic heterocycles. The minimum Gasteiger partial charge on any atom is -0.392 e. The summed E-state index contributed by atoms with van der Waals surface area (Å²) in [5, 5.41) is 14.7. The largest absolute Gasteiger partial charge is 0.392 e. The predicted octanol–water partition coefficient (Wildman–Crippen LogP) is 3.13. The van der Waals surface area contributed by atoms with E-state index < -0.39 is 0 Å². The van der Waals surface area contributed by atoms with Crippen molar-refractivity contribution >= 4 is 27.7 Å². The molecule has 1 heterocycles. The molecule has 0 amide bonds. The predicted molar refractivity (Wildman–Crippen MR) is 72.1 cm³/mol. The number of aliphatic hydroxyl groups excluding tert-OH is 1. The van der Waals surface area contributed by atoms with Crippen molar-refractivity contribution in [2.75, 3.05) is 0 Å². The smallest absolute Gasteiger partial charge is 0.0987 e. The molecule has 0 saturated heterocycles. The van der Waals surface area contributed by atoms with Crippen LogP contribution < -0.4 is 0 Å². The third-order valence-corrected chi connectivity index (χ3v) is 4.07. The zero-order valence-corrected chi connectivity index (χ0v) is 12.0. The van der Waals surface area contributed by atoms with Crippen LogP contribution in [0.1, 0.15) is 11.3 Å². The fourth-order valence-corrected chi connectivity index (χ4v) is 2.99. The fourth-order valence-electron chi connectivity index (χ4n) is 1.57. The van der Waals surface area contributed by atoms with Crippen LogP contribution in [0.5, 0.6) is 0 Å². The van der Waals surface area contributed by atoms with Gasteiger partial charge in [-0.1, -0.05) is 27.7 Å². The van der Waals surface area contributed by atoms with E-state index in [4.69, 9.17) is 0 Å². The van der Waals surface area contributed by atoms with Crippen molar-refractivity contribution in [2.45, 2.75) is 23.5 Å². The Bertz CT molecular complexity index is 539. The van der Waals surface area contributed by atoms with E-state index in [2.05, 4.69) is 21.0 Å². The summed E-state index contributed by atoms with van der Waals surface area (Å²) in [6, 6.07) is 7.95. The van der Waals surface area contributed by atoms with Gasteiger partial charge in [0.2, 0.25) is 0 Å². The van der Waals surface area contributed by atoms with Crippen LogP contribution in [0.25, 0.3) is 0 Å². The highest BCUT2D eigenvalue weighted by Crippen LogP contribution is 2.32. The minimum atomic E-state index is 0.0403. The van der Waals surface area contributed by atoms with Gasteiger partial charge >= 0.3 is 0 Å². The summed E-state index contributed by atoms with van der Waals surface area (Å²) >= 11 is 5.02. The number of aliphatic hydroxyl groups is 1. The summed E-state index contributed by atoms with van der Waals surface area (Å²) in [5.41, 5.74) is 1.92. The molecule has 0 unspecified atom stereocenters. The molecule has 0 aliphatic heterocycles. The lowest BCUT2D eigenvalue weighted by Crippen LogP contribution is -1.93. The van der Waals surface area contributed by atoms with Crippen molar-refractivity contribution in [3.63, 3.8) is 0 Å². The molecular formula is C12H13BrN2OS. The molecule has 1 N–H and O–H groups in total. The average molecular weight is 313 g/mol. The fraction of sp³-hybridized carbons (Fsp3) is 0.250. The molecule has 3 nitrogen and oxygen atoms in total. The Hall–Kier alpha value is -0.780. The van der Waals surface area contributed by atoms with Gasteiger partial charge in [0.25, 0.3) is 0 Å². The molecule has 2 rings (SSSR count). The summed E-state index contributed by atoms with van der Waals surface area (Å²) in [4.78, 5) is 1.05. The van der Waals surface area contributed by atoms with Gasteiger partial charge in [0.1, 0.15) is 0 Å². The summed E-state index contributed by atoms with van der Waals surface area (Å²) in [5.74, 6) is 0. The first kappa shape index (κ1) is 12.7. The zero-order chi connectivity index (χ0) is 12.4. The molecule has 5 heteroatoms. The maximum absolute atomic E-state index is 9.34. The molecule has 0 fully saturated rings. The number of hydrogen-bond donors (Lipinski definition) is 1. The Balaban J connectivity index is 2.32. The second-order valence-corrected chi connectivity index (χ2v) is 5.74. The third-order valence-electron chi connectivity index (χ3n) is 2.37. The van der Waals surface area contributed by atoms with E-state index in [1.54, 1.807) is 11.8 Å². The van der Waals surface area contributed by atoms with Gasteiger partial charge in [0.15, 0.2) is 0 Å². The summed E-state index contributed by atoms with van der Waals surface area (Å²) in [7, 11) is 1.92. The van der Waals surface area contributed by atoms with E-state index in [1.165, 1.54) is 0 Å². The van der Waals surface area contributed by atoms with Gasteiger partial charge in [0.05, 0.1) is 17.3 Å². The first-order chi connectivity index (χ1) is 8.10. The number of nitrogens with zero attached hydrogens (tertiary/aromatic N) is 2. The highest BCUT2D eigenvalue weighted by atomic mass is 79.9. The van der Waals surface area contributed by atoms with Crippen molar-refractivity contribution < 1.29 is 5.11 Å². The lowest BCUT2D eigenvalue weighted by atomic mass is 10.2. The Morgan fingerprint density at radius 3 is 2.76 bits per heavy atom. The van der Waals surface area contributed by atoms with Crippen LogP contribution in [0.2, 0.25) is 0 Å². The maximum atomic E-state index is 9.34. The first-order valence-corrected chi connectivity index (χ1v) is 6.79. The van der Waals surface area contributed by atoms with E-state index >= 15 is 0 Å². The zero-order valence-electron chi connectivity index (χ0n) is 9.64. The normalized spacial score (nSPS) is 10.8. The Labute approximate surface area is 113 Å². The van der Waals surface area contributed by atoms with Gasteiger partial charge in [-0.3, -0.25) is 4.68 Å². The summed E-state index contributed by atoms with van der Waals surface area (Å²) < 4.78 is 2.83. The SMILES string of the molecule is Cc1cc(Sc2ccc(Br)cc2CO)n(C)n1. The molecule has 2 aromatic rings. The van der Waals surface area contributed by atoms with Crippen LogP contribution in [-0.4, -0.2) is 14.9 Å². The molecule has 1 aromatic carbocycles. The number of hydrogen-bond acceptors (Lipinski definition) is 3. The van der Waals surface area contributed by atoms with Crippen molar-refractivity contribution in [2.24, 2.45) is 7.05 Å². The van der Waals surface area contributed by atoms with Crippen molar-refractivity contribution in [3.8, 4) is 0 Å². The van der Waals surface area contributed by atoms with Crippen molar-refractivity contribution in [1.29, 1.82) is 0 Å². The van der Waals surface area contributed by atoms with E-state index in [-0.39, 0.29) is 6.61 Å². The average Bonchev–Trinajstić information content (AvgIpc) is 2.60. The van der Waals surface area contributed by atoms with Crippen molar-refractivity contribution in [1.82, 2.24) is 9.78 Å². The van der Waals surface area contributed by atoms with Crippen LogP contribution >= 0.6 is 27.7 Å². The number of benzene rings is 1. The standard InChI is InChI=1S/C12H13BrN2OS/c1-8-5-12(15(2)14-8)17-11-4-3-10(13)6-9(11)7-16/h3-6,16H,7H2,1-2H3. The number of aryl methyl sites for hydroxylation is 2. The Morgan fingerprint density at radius 2 is 2.18 bits per heavy atom. The maximum Gasteiger partial charge on any atom is 0.0987 e. The van der Waals surface area contributed by atoms with Gasteiger partial charge in [-0.2, -0.15) is 5.10 Å². The second kappa shape index (κ2) is 5.25. The van der Waals surface area contributed by atoms with Crippen molar-refractivity contribution in [3.05, 3.63) is 40.0 Å². The molecule has 0 saturated carbocycles. The van der Waals surface area contributed by atoms with Gasteiger partial charge in [-0.25, -0.2) is 0 Å². The van der Waals surface area contributed by atoms with Crippen LogP contribution in [0.3, 0.4) is 0 Å². The van der Waals surface area contributed by atoms with Gasteiger partial charge in [-0.15, -0.1) is 0 Å². The first-order valence-electron chi connectivity index (χ1n) is 5.18. The van der Waals surface area contributed by atoms with Crippen LogP contribution in [0.15, 0.2) is 38.7 Å². The lowest BCUT2D eigenvalue weighted by molar-refractivity contribution is 0.279. The van der Waals surface area contributed by atoms with Gasteiger partial charge < -0.3 is 5.11 Å². The number of halogens is 1. The van der Waals surface area contributed by atoms with E-state index in [9.17, 15) is 5.11 Å². The third kappa shape index (κ3) is 2.91. The van der Waals surface area contributed by atoms with E-state index in [1.807, 2.05) is 42.9 Å². The number of rotatable bonds is 3. The van der Waals surface area contributed by atoms with Crippen LogP contribution in [-0.2, 0) is 13.7 Å². The molecule has 17 heavy (non-hydrogen) atoms. The quantitative estimate of drug-likeness (QED) is 0.946. The van der Waals surface area contributed by atoms with Crippen LogP contribution in [0, 0.1) is 6.92 Å². The molecule has 0 bridgehead atoms.